The Labute approximate surface area is 280 Å². The number of pyridine rings is 1. The predicted octanol–water partition coefficient (Wildman–Crippen LogP) is 11.9. The molecule has 10 rings (SSSR count). The van der Waals surface area contributed by atoms with E-state index in [1.54, 1.807) is 6.08 Å². The van der Waals surface area contributed by atoms with Crippen molar-refractivity contribution in [3.63, 3.8) is 0 Å². The monoisotopic (exact) mass is 617 g/mol. The van der Waals surface area contributed by atoms with Gasteiger partial charge in [0.2, 0.25) is 0 Å². The Hall–Kier alpha value is -5.93. The van der Waals surface area contributed by atoms with Crippen LogP contribution < -0.4 is 0 Å². The zero-order chi connectivity index (χ0) is 32.6. The number of benzene rings is 6. The Kier molecular flexibility index (Phi) is 6.22. The van der Waals surface area contributed by atoms with E-state index in [1.165, 1.54) is 65.6 Å². The summed E-state index contributed by atoms with van der Waals surface area (Å²) in [6.45, 7) is 10.0. The molecule has 0 spiro atoms. The third-order valence-corrected chi connectivity index (χ3v) is 10.1. The number of allylic oxidation sites excluding steroid dienone is 1. The molecule has 0 atom stereocenters. The summed E-state index contributed by atoms with van der Waals surface area (Å²) in [7, 11) is 0. The lowest BCUT2D eigenvalue weighted by atomic mass is 9.81. The van der Waals surface area contributed by atoms with E-state index < -0.39 is 0 Å². The van der Waals surface area contributed by atoms with Gasteiger partial charge in [-0.3, -0.25) is 0 Å². The Morgan fingerprint density at radius 1 is 0.688 bits per heavy atom. The van der Waals surface area contributed by atoms with Crippen LogP contribution >= 0.6 is 0 Å². The third-order valence-electron chi connectivity index (χ3n) is 10.1. The molecule has 3 nitrogen and oxygen atoms in total. The predicted molar refractivity (Wildman–Crippen MR) is 203 cm³/mol. The van der Waals surface area contributed by atoms with Gasteiger partial charge in [0.05, 0.1) is 16.7 Å². The van der Waals surface area contributed by atoms with Gasteiger partial charge in [-0.25, -0.2) is 4.98 Å². The van der Waals surface area contributed by atoms with Gasteiger partial charge in [-0.2, -0.15) is 0 Å². The van der Waals surface area contributed by atoms with E-state index in [2.05, 4.69) is 145 Å². The lowest BCUT2D eigenvalue weighted by Crippen LogP contribution is -2.14. The Balaban J connectivity index is 0.00000101. The Bertz CT molecular complexity index is 2690. The van der Waals surface area contributed by atoms with Crippen LogP contribution in [0, 0.1) is 0 Å². The SMILES string of the molecule is C=CC.CC1(C)c2cc3ccccc3cc2-c2c1ccc1c2c2ccc3ccccc3c2n1-c1ccc(-c2cn3ccccc3n2)cc1. The second kappa shape index (κ2) is 10.5. The van der Waals surface area contributed by atoms with Crippen molar-refractivity contribution in [3.05, 3.63) is 164 Å². The summed E-state index contributed by atoms with van der Waals surface area (Å²) in [6, 6.07) is 46.8. The number of imidazole rings is 1. The molecule has 1 aliphatic rings. The quantitative estimate of drug-likeness (QED) is 0.177. The summed E-state index contributed by atoms with van der Waals surface area (Å²) in [5.41, 5.74) is 12.1. The molecule has 0 N–H and O–H groups in total. The van der Waals surface area contributed by atoms with Crippen molar-refractivity contribution in [2.24, 2.45) is 0 Å². The van der Waals surface area contributed by atoms with Crippen molar-refractivity contribution < 1.29 is 0 Å². The number of rotatable bonds is 2. The van der Waals surface area contributed by atoms with Crippen molar-refractivity contribution in [2.75, 3.05) is 0 Å². The molecule has 0 saturated heterocycles. The van der Waals surface area contributed by atoms with Gasteiger partial charge in [0.15, 0.2) is 0 Å². The minimum Gasteiger partial charge on any atom is -0.309 e. The molecule has 0 amide bonds. The Morgan fingerprint density at radius 3 is 2.17 bits per heavy atom. The fourth-order valence-corrected chi connectivity index (χ4v) is 7.90. The third kappa shape index (κ3) is 4.04. The maximum atomic E-state index is 4.87. The zero-order valence-corrected chi connectivity index (χ0v) is 27.4. The number of aromatic nitrogens is 3. The van der Waals surface area contributed by atoms with Crippen molar-refractivity contribution >= 4 is 49.0 Å². The number of nitrogens with zero attached hydrogens (tertiary/aromatic N) is 3. The molecule has 0 radical (unpaired) electrons. The van der Waals surface area contributed by atoms with Crippen LogP contribution in [0.5, 0.6) is 0 Å². The Morgan fingerprint density at radius 2 is 1.40 bits per heavy atom. The van der Waals surface area contributed by atoms with E-state index >= 15 is 0 Å². The summed E-state index contributed by atoms with van der Waals surface area (Å²) in [4.78, 5) is 4.87. The minimum absolute atomic E-state index is 0.0934. The van der Waals surface area contributed by atoms with Gasteiger partial charge in [0, 0.05) is 45.2 Å². The summed E-state index contributed by atoms with van der Waals surface area (Å²) in [6.07, 6.45) is 5.90. The highest BCUT2D eigenvalue weighted by Gasteiger charge is 2.38. The molecule has 48 heavy (non-hydrogen) atoms. The van der Waals surface area contributed by atoms with Gasteiger partial charge < -0.3 is 8.97 Å². The first-order valence-corrected chi connectivity index (χ1v) is 16.6. The van der Waals surface area contributed by atoms with Crippen LogP contribution in [-0.4, -0.2) is 14.0 Å². The molecule has 0 saturated carbocycles. The highest BCUT2D eigenvalue weighted by atomic mass is 15.0. The summed E-state index contributed by atoms with van der Waals surface area (Å²) in [5, 5.41) is 7.72. The average molecular weight is 618 g/mol. The van der Waals surface area contributed by atoms with Crippen molar-refractivity contribution in [3.8, 4) is 28.1 Å². The zero-order valence-electron chi connectivity index (χ0n) is 27.4. The lowest BCUT2D eigenvalue weighted by Gasteiger charge is -2.22. The van der Waals surface area contributed by atoms with Gasteiger partial charge in [-0.15, -0.1) is 6.58 Å². The minimum atomic E-state index is -0.0934. The average Bonchev–Trinajstić information content (AvgIpc) is 3.77. The molecule has 9 aromatic rings. The highest BCUT2D eigenvalue weighted by molar-refractivity contribution is 6.23. The summed E-state index contributed by atoms with van der Waals surface area (Å²) < 4.78 is 4.55. The molecule has 3 aromatic heterocycles. The lowest BCUT2D eigenvalue weighted by molar-refractivity contribution is 0.661. The van der Waals surface area contributed by atoms with Crippen LogP contribution in [0.2, 0.25) is 0 Å². The number of fused-ring (bicyclic) bond motifs is 11. The molecule has 0 bridgehead atoms. The van der Waals surface area contributed by atoms with Gasteiger partial charge in [0.1, 0.15) is 5.65 Å². The second-order valence-electron chi connectivity index (χ2n) is 13.3. The molecular weight excluding hydrogens is 583 g/mol. The topological polar surface area (TPSA) is 22.2 Å². The van der Waals surface area contributed by atoms with Crippen LogP contribution in [-0.2, 0) is 5.41 Å². The summed E-state index contributed by atoms with van der Waals surface area (Å²) in [5.74, 6) is 0. The highest BCUT2D eigenvalue weighted by Crippen LogP contribution is 2.54. The molecule has 0 aliphatic heterocycles. The van der Waals surface area contributed by atoms with Crippen LogP contribution in [0.4, 0.5) is 0 Å². The normalized spacial score (nSPS) is 13.1. The molecule has 1 aliphatic carbocycles. The van der Waals surface area contributed by atoms with Crippen LogP contribution in [0.25, 0.3) is 77.1 Å². The standard InChI is InChI=1S/C42H29N3.C3H6/c1-42(2)34-20-21-37-40(39(34)33-23-28-10-3-4-11-29(28)24-35(33)42)32-19-16-26-9-5-6-12-31(26)41(32)45(37)30-17-14-27(15-18-30)36-25-44-22-8-7-13-38(44)43-36;1-3-2/h3-25H,1-2H3;3H,1H2,2H3. The van der Waals surface area contributed by atoms with Gasteiger partial charge in [-0.05, 0) is 87.8 Å². The van der Waals surface area contributed by atoms with Crippen LogP contribution in [0.1, 0.15) is 31.9 Å². The fourth-order valence-electron chi connectivity index (χ4n) is 7.90. The van der Waals surface area contributed by atoms with Gasteiger partial charge in [0.25, 0.3) is 0 Å². The summed E-state index contributed by atoms with van der Waals surface area (Å²) >= 11 is 0. The smallest absolute Gasteiger partial charge is 0.137 e. The van der Waals surface area contributed by atoms with Crippen LogP contribution in [0.15, 0.2) is 152 Å². The molecule has 3 heteroatoms. The maximum absolute atomic E-state index is 4.87. The maximum Gasteiger partial charge on any atom is 0.137 e. The van der Waals surface area contributed by atoms with E-state index in [4.69, 9.17) is 4.98 Å². The van der Waals surface area contributed by atoms with Crippen molar-refractivity contribution in [1.29, 1.82) is 0 Å². The molecule has 6 aromatic carbocycles. The van der Waals surface area contributed by atoms with Crippen molar-refractivity contribution in [1.82, 2.24) is 14.0 Å². The van der Waals surface area contributed by atoms with Gasteiger partial charge >= 0.3 is 0 Å². The fraction of sp³-hybridized carbons (Fsp3) is 0.0889. The van der Waals surface area contributed by atoms with E-state index in [9.17, 15) is 0 Å². The number of hydrogen-bond donors (Lipinski definition) is 0. The number of hydrogen-bond acceptors (Lipinski definition) is 1. The molecule has 0 fully saturated rings. The molecule has 0 unspecified atom stereocenters. The first kappa shape index (κ1) is 28.3. The first-order chi connectivity index (χ1) is 23.5. The van der Waals surface area contributed by atoms with E-state index in [0.717, 1.165) is 22.6 Å². The van der Waals surface area contributed by atoms with E-state index in [1.807, 2.05) is 31.3 Å². The molecule has 230 valence electrons. The molecule has 3 heterocycles. The van der Waals surface area contributed by atoms with Crippen molar-refractivity contribution in [2.45, 2.75) is 26.2 Å². The van der Waals surface area contributed by atoms with E-state index in [-0.39, 0.29) is 5.41 Å². The van der Waals surface area contributed by atoms with E-state index in [0.29, 0.717) is 0 Å². The molecular formula is C45H35N3. The van der Waals surface area contributed by atoms with Gasteiger partial charge in [-0.1, -0.05) is 105 Å². The van der Waals surface area contributed by atoms with Crippen LogP contribution in [0.3, 0.4) is 0 Å². The largest absolute Gasteiger partial charge is 0.309 e. The first-order valence-electron chi connectivity index (χ1n) is 16.6. The second-order valence-corrected chi connectivity index (χ2v) is 13.3.